The van der Waals surface area contributed by atoms with E-state index in [1.165, 1.54) is 0 Å². The molecule has 0 radical (unpaired) electrons. The minimum atomic E-state index is -2.19. The van der Waals surface area contributed by atoms with Crippen LogP contribution < -0.4 is 0 Å². The van der Waals surface area contributed by atoms with Crippen LogP contribution in [0.2, 0.25) is 0 Å². The smallest absolute Gasteiger partial charge is 0.394 e. The molecule has 0 aromatic rings. The van der Waals surface area contributed by atoms with Gasteiger partial charge in [0.05, 0.1) is 40.0 Å². The summed E-state index contributed by atoms with van der Waals surface area (Å²) in [6.07, 6.45) is -0.885. The van der Waals surface area contributed by atoms with Gasteiger partial charge in [-0.15, -0.1) is 0 Å². The molecule has 2 N–H and O–H groups in total. The Morgan fingerprint density at radius 3 is 2.33 bits per heavy atom. The predicted octanol–water partition coefficient (Wildman–Crippen LogP) is -0.844. The van der Waals surface area contributed by atoms with Crippen LogP contribution in [0.4, 0.5) is 0 Å². The van der Waals surface area contributed by atoms with Crippen molar-refractivity contribution < 1.29 is 23.8 Å². The van der Waals surface area contributed by atoms with E-state index in [2.05, 4.69) is 0 Å². The van der Waals surface area contributed by atoms with Crippen LogP contribution in [-0.4, -0.2) is 106 Å². The van der Waals surface area contributed by atoms with Gasteiger partial charge in [0, 0.05) is 0 Å². The Balaban J connectivity index is 0. The molecule has 5 nitrogen and oxygen atoms in total. The maximum absolute atomic E-state index is 11.2. The number of nitrogens with zero attached hydrogens (tertiary/aromatic N) is 1. The minimum absolute atomic E-state index is 0. The van der Waals surface area contributed by atoms with Crippen LogP contribution in [-0.2, 0) is 9.09 Å². The number of aliphatic hydroxyl groups excluding tert-OH is 2. The summed E-state index contributed by atoms with van der Waals surface area (Å²) in [5.74, 6) is 0. The molecule has 0 heterocycles. The first kappa shape index (κ1) is 18.7. The molecule has 15 heavy (non-hydrogen) atoms. The molecule has 2 atom stereocenters. The standard InChI is InChI=1S/C8H21NO4P.Ca/c1-9(2,3)4-5-13-14(12)7-8(11)6-10;/h8,10-11,14H,4-7H2,1-3H3;/q+1;+2. The summed E-state index contributed by atoms with van der Waals surface area (Å²) in [7, 11) is 3.86. The van der Waals surface area contributed by atoms with E-state index in [1.54, 1.807) is 0 Å². The molecule has 0 amide bonds. The van der Waals surface area contributed by atoms with Crippen molar-refractivity contribution >= 4 is 45.8 Å². The fourth-order valence-electron chi connectivity index (χ4n) is 0.749. The Kier molecular flexibility index (Phi) is 11.7. The van der Waals surface area contributed by atoms with Crippen molar-refractivity contribution in [3.05, 3.63) is 0 Å². The van der Waals surface area contributed by atoms with Gasteiger partial charge in [0.25, 0.3) is 0 Å². The van der Waals surface area contributed by atoms with Gasteiger partial charge >= 0.3 is 37.7 Å². The first-order valence-corrected chi connectivity index (χ1v) is 6.12. The molecule has 86 valence electrons. The van der Waals surface area contributed by atoms with E-state index in [-0.39, 0.29) is 50.5 Å². The Hall–Kier alpha value is 1.33. The predicted molar refractivity (Wildman–Crippen MR) is 61.6 cm³/mol. The van der Waals surface area contributed by atoms with Gasteiger partial charge in [0.2, 0.25) is 0 Å². The third-order valence-electron chi connectivity index (χ3n) is 1.64. The summed E-state index contributed by atoms with van der Waals surface area (Å²) in [6, 6.07) is 0. The van der Waals surface area contributed by atoms with Gasteiger partial charge in [-0.25, -0.2) is 0 Å². The molecule has 0 aliphatic heterocycles. The molecular weight excluding hydrogens is 245 g/mol. The van der Waals surface area contributed by atoms with Gasteiger partial charge in [-0.2, -0.15) is 0 Å². The van der Waals surface area contributed by atoms with Gasteiger partial charge in [0.1, 0.15) is 13.2 Å². The number of rotatable bonds is 7. The summed E-state index contributed by atoms with van der Waals surface area (Å²) in [6.45, 7) is 0.820. The average molecular weight is 266 g/mol. The largest absolute Gasteiger partial charge is 2.00 e. The van der Waals surface area contributed by atoms with Crippen molar-refractivity contribution in [1.82, 2.24) is 0 Å². The molecule has 2 unspecified atom stereocenters. The van der Waals surface area contributed by atoms with Crippen LogP contribution in [0.1, 0.15) is 0 Å². The number of hydrogen-bond acceptors (Lipinski definition) is 4. The summed E-state index contributed by atoms with van der Waals surface area (Å²) >= 11 is 0. The molecule has 0 aromatic heterocycles. The van der Waals surface area contributed by atoms with Crippen molar-refractivity contribution in [2.45, 2.75) is 6.10 Å². The van der Waals surface area contributed by atoms with Crippen LogP contribution >= 0.6 is 8.03 Å². The summed E-state index contributed by atoms with van der Waals surface area (Å²) in [5.41, 5.74) is 0. The average Bonchev–Trinajstić information content (AvgIpc) is 2.01. The first-order chi connectivity index (χ1) is 6.35. The Morgan fingerprint density at radius 2 is 1.93 bits per heavy atom. The molecule has 0 aromatic carbocycles. The zero-order chi connectivity index (χ0) is 11.2. The van der Waals surface area contributed by atoms with Gasteiger partial charge in [-0.1, -0.05) is 0 Å². The molecule has 0 rings (SSSR count). The van der Waals surface area contributed by atoms with E-state index in [0.29, 0.717) is 6.61 Å². The topological polar surface area (TPSA) is 66.8 Å². The normalized spacial score (nSPS) is 15.5. The summed E-state index contributed by atoms with van der Waals surface area (Å²) in [4.78, 5) is 0. The van der Waals surface area contributed by atoms with E-state index >= 15 is 0 Å². The summed E-state index contributed by atoms with van der Waals surface area (Å²) in [5, 5.41) is 17.5. The first-order valence-electron chi connectivity index (χ1n) is 4.60. The molecule has 0 fully saturated rings. The zero-order valence-corrected chi connectivity index (χ0v) is 13.0. The monoisotopic (exact) mass is 266 g/mol. The Morgan fingerprint density at radius 1 is 1.40 bits per heavy atom. The van der Waals surface area contributed by atoms with Gasteiger partial charge < -0.3 is 19.2 Å². The summed E-state index contributed by atoms with van der Waals surface area (Å²) < 4.78 is 17.0. The molecule has 0 aliphatic carbocycles. The number of quaternary nitrogens is 1. The van der Waals surface area contributed by atoms with Crippen molar-refractivity contribution in [2.75, 3.05) is 47.1 Å². The molecule has 0 spiro atoms. The zero-order valence-electron chi connectivity index (χ0n) is 9.77. The molecule has 0 aliphatic rings. The van der Waals surface area contributed by atoms with Gasteiger partial charge in [-0.05, 0) is 0 Å². The van der Waals surface area contributed by atoms with Crippen molar-refractivity contribution in [2.24, 2.45) is 0 Å². The maximum atomic E-state index is 11.2. The fraction of sp³-hybridized carbons (Fsp3) is 1.00. The van der Waals surface area contributed by atoms with E-state index < -0.39 is 14.1 Å². The minimum Gasteiger partial charge on any atom is -0.394 e. The second-order valence-corrected chi connectivity index (χ2v) is 5.72. The number of hydrogen-bond donors (Lipinski definition) is 2. The van der Waals surface area contributed by atoms with Crippen molar-refractivity contribution in [3.63, 3.8) is 0 Å². The van der Waals surface area contributed by atoms with Crippen LogP contribution in [0.5, 0.6) is 0 Å². The molecule has 7 heteroatoms. The van der Waals surface area contributed by atoms with E-state index in [9.17, 15) is 4.57 Å². The second kappa shape index (κ2) is 9.37. The molecule has 0 saturated heterocycles. The third-order valence-corrected chi connectivity index (χ3v) is 2.97. The van der Waals surface area contributed by atoms with Crippen molar-refractivity contribution in [3.8, 4) is 0 Å². The third kappa shape index (κ3) is 13.3. The van der Waals surface area contributed by atoms with E-state index in [0.717, 1.165) is 11.0 Å². The van der Waals surface area contributed by atoms with Gasteiger partial charge in [0.15, 0.2) is 8.03 Å². The van der Waals surface area contributed by atoms with Crippen LogP contribution in [0.3, 0.4) is 0 Å². The molecule has 0 saturated carbocycles. The molecule has 0 bridgehead atoms. The Bertz CT molecular complexity index is 186. The SMILES string of the molecule is C[N+](C)(C)CCO[PH](=O)CC(O)CO.[Ca+2]. The fourth-order valence-corrected chi connectivity index (χ4v) is 1.70. The maximum Gasteiger partial charge on any atom is 2.00 e. The molecular formula is C8H21CaNO4P+3. The number of aliphatic hydroxyl groups is 2. The quantitative estimate of drug-likeness (QED) is 0.358. The van der Waals surface area contributed by atoms with Crippen molar-refractivity contribution in [1.29, 1.82) is 0 Å². The number of likely N-dealkylation sites (N-methyl/N-ethyl adjacent to an activating group) is 1. The van der Waals surface area contributed by atoms with E-state index in [4.69, 9.17) is 14.7 Å². The Labute approximate surface area is 122 Å². The second-order valence-electron chi connectivity index (χ2n) is 4.27. The van der Waals surface area contributed by atoms with Crippen LogP contribution in [0.25, 0.3) is 0 Å². The van der Waals surface area contributed by atoms with Crippen LogP contribution in [0.15, 0.2) is 0 Å². The van der Waals surface area contributed by atoms with E-state index in [1.807, 2.05) is 21.1 Å². The van der Waals surface area contributed by atoms with Crippen LogP contribution in [0, 0.1) is 0 Å². The van der Waals surface area contributed by atoms with Gasteiger partial charge in [-0.3, -0.25) is 4.57 Å².